The minimum atomic E-state index is -0.514. The Morgan fingerprint density at radius 1 is 1.16 bits per heavy atom. The summed E-state index contributed by atoms with van der Waals surface area (Å²) < 4.78 is 16.3. The highest BCUT2D eigenvalue weighted by molar-refractivity contribution is 7.14. The fourth-order valence-corrected chi connectivity index (χ4v) is 3.78. The van der Waals surface area contributed by atoms with E-state index in [-0.39, 0.29) is 28.8 Å². The summed E-state index contributed by atoms with van der Waals surface area (Å²) in [6.45, 7) is 11.6. The molecule has 1 aromatic carbocycles. The third-order valence-corrected chi connectivity index (χ3v) is 5.24. The first-order valence-electron chi connectivity index (χ1n) is 9.90. The summed E-state index contributed by atoms with van der Waals surface area (Å²) in [5.74, 6) is -0.948. The molecule has 0 aliphatic carbocycles. The number of carbonyl (C=O) groups excluding carboxylic acids is 2. The number of hydrogen-bond acceptors (Lipinski definition) is 5. The third kappa shape index (κ3) is 5.16. The van der Waals surface area contributed by atoms with E-state index in [1.807, 2.05) is 25.5 Å². The quantitative estimate of drug-likeness (QED) is 0.565. The molecule has 31 heavy (non-hydrogen) atoms. The van der Waals surface area contributed by atoms with Gasteiger partial charge in [0.2, 0.25) is 5.91 Å². The molecule has 0 aliphatic heterocycles. The molecule has 0 spiro atoms. The molecule has 0 aliphatic rings. The van der Waals surface area contributed by atoms with Crippen LogP contribution in [-0.4, -0.2) is 26.6 Å². The van der Waals surface area contributed by atoms with Crippen LogP contribution in [0.25, 0.3) is 11.3 Å². The number of hydrogen-bond donors (Lipinski definition) is 2. The van der Waals surface area contributed by atoms with Gasteiger partial charge in [-0.15, -0.1) is 11.3 Å². The third-order valence-electron chi connectivity index (χ3n) is 4.49. The number of nitrogens with one attached hydrogen (secondary N) is 2. The van der Waals surface area contributed by atoms with Crippen LogP contribution in [0.15, 0.2) is 29.6 Å². The lowest BCUT2D eigenvalue weighted by atomic mass is 10.1. The van der Waals surface area contributed by atoms with Crippen molar-refractivity contribution in [1.82, 2.24) is 14.8 Å². The van der Waals surface area contributed by atoms with Crippen molar-refractivity contribution in [2.24, 2.45) is 0 Å². The second kappa shape index (κ2) is 8.58. The van der Waals surface area contributed by atoms with Crippen molar-refractivity contribution in [2.45, 2.75) is 53.0 Å². The zero-order valence-corrected chi connectivity index (χ0v) is 19.2. The van der Waals surface area contributed by atoms with E-state index in [2.05, 4.69) is 34.6 Å². The Balaban J connectivity index is 1.80. The number of benzene rings is 1. The highest BCUT2D eigenvalue weighted by Crippen LogP contribution is 2.29. The average Bonchev–Trinajstić information content (AvgIpc) is 3.28. The Morgan fingerprint density at radius 3 is 2.42 bits per heavy atom. The molecule has 0 atom stereocenters. The molecule has 0 saturated heterocycles. The summed E-state index contributed by atoms with van der Waals surface area (Å²) in [6, 6.07) is 6.17. The molecule has 0 unspecified atom stereocenters. The summed E-state index contributed by atoms with van der Waals surface area (Å²) in [5, 5.41) is 11.8. The van der Waals surface area contributed by atoms with E-state index in [1.54, 1.807) is 23.6 Å². The van der Waals surface area contributed by atoms with Crippen molar-refractivity contribution in [3.63, 3.8) is 0 Å². The molecule has 2 amide bonds. The molecule has 3 aromatic rings. The Morgan fingerprint density at radius 2 is 1.87 bits per heavy atom. The van der Waals surface area contributed by atoms with Crippen molar-refractivity contribution in [3.8, 4) is 11.3 Å². The van der Waals surface area contributed by atoms with Crippen molar-refractivity contribution < 1.29 is 14.0 Å². The van der Waals surface area contributed by atoms with Crippen molar-refractivity contribution in [1.29, 1.82) is 0 Å². The van der Waals surface area contributed by atoms with Crippen LogP contribution in [0.2, 0.25) is 0 Å². The van der Waals surface area contributed by atoms with E-state index >= 15 is 0 Å². The summed E-state index contributed by atoms with van der Waals surface area (Å²) in [4.78, 5) is 28.2. The van der Waals surface area contributed by atoms with Gasteiger partial charge in [-0.25, -0.2) is 9.37 Å². The molecule has 7 nitrogen and oxygen atoms in total. The van der Waals surface area contributed by atoms with Crippen LogP contribution >= 0.6 is 11.3 Å². The minimum absolute atomic E-state index is 0.211. The zero-order valence-electron chi connectivity index (χ0n) is 18.4. The summed E-state index contributed by atoms with van der Waals surface area (Å²) >= 11 is 1.20. The molecule has 2 N–H and O–H groups in total. The maximum atomic E-state index is 14.5. The van der Waals surface area contributed by atoms with Gasteiger partial charge in [0.1, 0.15) is 5.82 Å². The van der Waals surface area contributed by atoms with E-state index in [0.29, 0.717) is 22.2 Å². The maximum Gasteiger partial charge on any atom is 0.277 e. The first-order chi connectivity index (χ1) is 14.5. The second-order valence-corrected chi connectivity index (χ2v) is 9.42. The first-order valence-corrected chi connectivity index (χ1v) is 10.8. The van der Waals surface area contributed by atoms with E-state index in [9.17, 15) is 14.0 Å². The van der Waals surface area contributed by atoms with Gasteiger partial charge in [0.25, 0.3) is 5.91 Å². The fourth-order valence-electron chi connectivity index (χ4n) is 3.07. The summed E-state index contributed by atoms with van der Waals surface area (Å²) in [5.41, 5.74) is 2.07. The predicted molar refractivity (Wildman–Crippen MR) is 121 cm³/mol. The van der Waals surface area contributed by atoms with Crippen molar-refractivity contribution in [3.05, 3.63) is 46.9 Å². The van der Waals surface area contributed by atoms with Gasteiger partial charge in [-0.05, 0) is 51.0 Å². The maximum absolute atomic E-state index is 14.5. The van der Waals surface area contributed by atoms with Crippen LogP contribution in [0.5, 0.6) is 0 Å². The van der Waals surface area contributed by atoms with E-state index in [0.717, 1.165) is 5.69 Å². The molecule has 0 fully saturated rings. The van der Waals surface area contributed by atoms with E-state index in [4.69, 9.17) is 0 Å². The summed E-state index contributed by atoms with van der Waals surface area (Å²) in [6.07, 6.45) is 0. The number of carbonyl (C=O) groups is 2. The van der Waals surface area contributed by atoms with Gasteiger partial charge < -0.3 is 5.32 Å². The number of anilines is 2. The van der Waals surface area contributed by atoms with Crippen LogP contribution in [0.4, 0.5) is 15.2 Å². The highest BCUT2D eigenvalue weighted by Gasteiger charge is 2.24. The van der Waals surface area contributed by atoms with Crippen LogP contribution in [0.3, 0.4) is 0 Å². The Labute approximate surface area is 184 Å². The summed E-state index contributed by atoms with van der Waals surface area (Å²) in [7, 11) is 0. The number of amides is 2. The van der Waals surface area contributed by atoms with Gasteiger partial charge in [-0.3, -0.25) is 19.6 Å². The van der Waals surface area contributed by atoms with E-state index in [1.165, 1.54) is 24.3 Å². The highest BCUT2D eigenvalue weighted by atomic mass is 32.1. The second-order valence-electron chi connectivity index (χ2n) is 8.56. The number of nitrogens with zero attached hydrogens (tertiary/aromatic N) is 3. The predicted octanol–water partition coefficient (Wildman–Crippen LogP) is 5.23. The largest absolute Gasteiger partial charge is 0.326 e. The Bertz CT molecular complexity index is 1130. The lowest BCUT2D eigenvalue weighted by Crippen LogP contribution is -2.26. The average molecular weight is 444 g/mol. The minimum Gasteiger partial charge on any atom is -0.326 e. The van der Waals surface area contributed by atoms with Crippen LogP contribution in [0, 0.1) is 5.82 Å². The monoisotopic (exact) mass is 443 g/mol. The lowest BCUT2D eigenvalue weighted by molar-refractivity contribution is -0.114. The molecule has 2 heterocycles. The molecule has 164 valence electrons. The van der Waals surface area contributed by atoms with Gasteiger partial charge in [-0.2, -0.15) is 5.10 Å². The van der Waals surface area contributed by atoms with Gasteiger partial charge in [0, 0.05) is 29.2 Å². The number of rotatable bonds is 5. The first kappa shape index (κ1) is 22.6. The van der Waals surface area contributed by atoms with Crippen LogP contribution in [-0.2, 0) is 10.3 Å². The Hall–Kier alpha value is -3.07. The molecule has 9 heteroatoms. The molecule has 0 bridgehead atoms. The molecule has 3 rings (SSSR count). The smallest absolute Gasteiger partial charge is 0.277 e. The normalized spacial score (nSPS) is 11.6. The molecule has 0 radical (unpaired) electrons. The lowest BCUT2D eigenvalue weighted by Gasteiger charge is -2.23. The number of aromatic nitrogens is 3. The fraction of sp³-hybridized carbons (Fsp3) is 0.364. The SMILES string of the molecule is CC(=O)Nc1ccc(-c2csc(NC(=O)c3cc(C(C)C)n(C(C)(C)C)n3)n2)c(F)c1. The van der Waals surface area contributed by atoms with Gasteiger partial charge in [0.15, 0.2) is 10.8 Å². The number of thiazole rings is 1. The molecular weight excluding hydrogens is 417 g/mol. The van der Waals surface area contributed by atoms with Crippen molar-refractivity contribution >= 4 is 34.0 Å². The zero-order chi connectivity index (χ0) is 22.9. The molecule has 2 aromatic heterocycles. The molecular formula is C22H26FN5O2S. The van der Waals surface area contributed by atoms with Crippen LogP contribution < -0.4 is 10.6 Å². The van der Waals surface area contributed by atoms with Gasteiger partial charge >= 0.3 is 0 Å². The Kier molecular flexibility index (Phi) is 6.26. The van der Waals surface area contributed by atoms with Gasteiger partial charge in [0.05, 0.1) is 11.2 Å². The topological polar surface area (TPSA) is 88.9 Å². The van der Waals surface area contributed by atoms with Crippen molar-refractivity contribution in [2.75, 3.05) is 10.6 Å². The standard InChI is InChI=1S/C22H26FN5O2S/c1-12(2)19-10-17(27-28(19)22(4,5)6)20(30)26-21-25-18(11-31-21)15-8-7-14(9-16(15)23)24-13(3)29/h7-12H,1-6H3,(H,24,29)(H,25,26,30). The van der Waals surface area contributed by atoms with Crippen LogP contribution in [0.1, 0.15) is 63.6 Å². The number of halogens is 1. The van der Waals surface area contributed by atoms with Gasteiger partial charge in [-0.1, -0.05) is 13.8 Å². The van der Waals surface area contributed by atoms with E-state index < -0.39 is 5.82 Å². The molecule has 0 saturated carbocycles.